The van der Waals surface area contributed by atoms with Crippen molar-refractivity contribution in [3.05, 3.63) is 16.9 Å². The molecule has 1 aromatic heterocycles. The van der Waals surface area contributed by atoms with Crippen molar-refractivity contribution in [1.29, 1.82) is 0 Å². The summed E-state index contributed by atoms with van der Waals surface area (Å²) in [7, 11) is 0. The van der Waals surface area contributed by atoms with Crippen molar-refractivity contribution in [2.45, 2.75) is 20.4 Å². The smallest absolute Gasteiger partial charge is 0.128 e. The molecule has 0 atom stereocenters. The van der Waals surface area contributed by atoms with Crippen molar-refractivity contribution in [2.75, 3.05) is 0 Å². The van der Waals surface area contributed by atoms with E-state index in [1.807, 2.05) is 16.9 Å². The van der Waals surface area contributed by atoms with Crippen LogP contribution in [0.5, 0.6) is 0 Å². The van der Waals surface area contributed by atoms with Gasteiger partial charge in [-0.25, -0.2) is 0 Å². The Balaban J connectivity index is 2.58. The molecule has 0 bridgehead atoms. The molecule has 1 rings (SSSR count). The number of aromatic nitrogens is 2. The average Bonchev–Trinajstić information content (AvgIpc) is 2.13. The van der Waals surface area contributed by atoms with Crippen LogP contribution in [0.1, 0.15) is 13.8 Å². The summed E-state index contributed by atoms with van der Waals surface area (Å²) in [6.07, 6.45) is 1.98. The monoisotopic (exact) mass is 202 g/mol. The summed E-state index contributed by atoms with van der Waals surface area (Å²) in [5, 5.41) is 4.18. The van der Waals surface area contributed by atoms with E-state index in [2.05, 4.69) is 34.9 Å². The molecule has 1 heterocycles. The maximum Gasteiger partial charge on any atom is 0.128 e. The van der Waals surface area contributed by atoms with Gasteiger partial charge >= 0.3 is 0 Å². The predicted octanol–water partition coefficient (Wildman–Crippen LogP) is 2.30. The van der Waals surface area contributed by atoms with Crippen LogP contribution >= 0.6 is 15.9 Å². The van der Waals surface area contributed by atoms with Crippen LogP contribution in [0, 0.1) is 5.92 Å². The van der Waals surface area contributed by atoms with E-state index in [4.69, 9.17) is 0 Å². The van der Waals surface area contributed by atoms with Gasteiger partial charge in [-0.05, 0) is 27.9 Å². The number of rotatable bonds is 2. The number of nitrogens with zero attached hydrogens (tertiary/aromatic N) is 2. The van der Waals surface area contributed by atoms with Crippen LogP contribution in [-0.4, -0.2) is 9.78 Å². The van der Waals surface area contributed by atoms with Gasteiger partial charge < -0.3 is 0 Å². The summed E-state index contributed by atoms with van der Waals surface area (Å²) in [5.41, 5.74) is 0. The largest absolute Gasteiger partial charge is 0.271 e. The Morgan fingerprint density at radius 3 is 2.80 bits per heavy atom. The lowest BCUT2D eigenvalue weighted by atomic mass is 10.2. The second-order valence-electron chi connectivity index (χ2n) is 2.75. The van der Waals surface area contributed by atoms with Gasteiger partial charge in [0, 0.05) is 12.7 Å². The number of hydrogen-bond acceptors (Lipinski definition) is 1. The Hall–Kier alpha value is -0.310. The third kappa shape index (κ3) is 2.14. The van der Waals surface area contributed by atoms with E-state index in [-0.39, 0.29) is 0 Å². The summed E-state index contributed by atoms with van der Waals surface area (Å²) in [6, 6.07) is 1.95. The lowest BCUT2D eigenvalue weighted by Gasteiger charge is -2.02. The average molecular weight is 203 g/mol. The SMILES string of the molecule is CC(C)Cn1ccc(Br)n1. The summed E-state index contributed by atoms with van der Waals surface area (Å²) < 4.78 is 2.85. The zero-order valence-electron chi connectivity index (χ0n) is 6.21. The summed E-state index contributed by atoms with van der Waals surface area (Å²) >= 11 is 3.29. The molecule has 0 aliphatic rings. The van der Waals surface area contributed by atoms with Gasteiger partial charge in [-0.2, -0.15) is 5.10 Å². The number of halogens is 1. The minimum Gasteiger partial charge on any atom is -0.271 e. The molecular formula is C7H11BrN2. The fourth-order valence-corrected chi connectivity index (χ4v) is 1.13. The summed E-state index contributed by atoms with van der Waals surface area (Å²) in [6.45, 7) is 5.34. The highest BCUT2D eigenvalue weighted by atomic mass is 79.9. The molecule has 1 aromatic rings. The lowest BCUT2D eigenvalue weighted by Crippen LogP contribution is -2.04. The summed E-state index contributed by atoms with van der Waals surface area (Å²) in [5.74, 6) is 0.659. The van der Waals surface area contributed by atoms with Gasteiger partial charge in [0.15, 0.2) is 0 Å². The number of hydrogen-bond donors (Lipinski definition) is 0. The van der Waals surface area contributed by atoms with Crippen molar-refractivity contribution in [2.24, 2.45) is 5.92 Å². The maximum absolute atomic E-state index is 4.18. The second kappa shape index (κ2) is 3.19. The van der Waals surface area contributed by atoms with Crippen LogP contribution < -0.4 is 0 Å². The van der Waals surface area contributed by atoms with Crippen molar-refractivity contribution in [1.82, 2.24) is 9.78 Å². The van der Waals surface area contributed by atoms with Gasteiger partial charge in [0.05, 0.1) is 0 Å². The van der Waals surface area contributed by atoms with E-state index in [0.29, 0.717) is 5.92 Å². The molecule has 0 amide bonds. The quantitative estimate of drug-likeness (QED) is 0.721. The summed E-state index contributed by atoms with van der Waals surface area (Å²) in [4.78, 5) is 0. The molecule has 3 heteroatoms. The minimum absolute atomic E-state index is 0.659. The predicted molar refractivity (Wildman–Crippen MR) is 44.8 cm³/mol. The third-order valence-electron chi connectivity index (χ3n) is 1.16. The van der Waals surface area contributed by atoms with Gasteiger partial charge in [0.25, 0.3) is 0 Å². The van der Waals surface area contributed by atoms with Crippen LogP contribution in [-0.2, 0) is 6.54 Å². The van der Waals surface area contributed by atoms with Gasteiger partial charge in [-0.3, -0.25) is 4.68 Å². The van der Waals surface area contributed by atoms with E-state index < -0.39 is 0 Å². The topological polar surface area (TPSA) is 17.8 Å². The Kier molecular flexibility index (Phi) is 2.49. The maximum atomic E-state index is 4.18. The zero-order chi connectivity index (χ0) is 7.56. The fourth-order valence-electron chi connectivity index (χ4n) is 0.813. The van der Waals surface area contributed by atoms with Gasteiger partial charge in [0.2, 0.25) is 0 Å². The van der Waals surface area contributed by atoms with E-state index in [1.54, 1.807) is 0 Å². The Morgan fingerprint density at radius 2 is 2.40 bits per heavy atom. The molecule has 56 valence electrons. The molecule has 0 saturated heterocycles. The molecule has 0 fully saturated rings. The van der Waals surface area contributed by atoms with Crippen LogP contribution in [0.25, 0.3) is 0 Å². The Morgan fingerprint density at radius 1 is 1.70 bits per heavy atom. The molecule has 0 aliphatic carbocycles. The molecule has 2 nitrogen and oxygen atoms in total. The van der Waals surface area contributed by atoms with Crippen LogP contribution in [0.15, 0.2) is 16.9 Å². The second-order valence-corrected chi connectivity index (χ2v) is 3.57. The zero-order valence-corrected chi connectivity index (χ0v) is 7.80. The first-order valence-electron chi connectivity index (χ1n) is 3.37. The van der Waals surface area contributed by atoms with E-state index in [0.717, 1.165) is 11.1 Å². The minimum atomic E-state index is 0.659. The van der Waals surface area contributed by atoms with Crippen molar-refractivity contribution >= 4 is 15.9 Å². The van der Waals surface area contributed by atoms with Crippen LogP contribution in [0.2, 0.25) is 0 Å². The molecule has 10 heavy (non-hydrogen) atoms. The van der Waals surface area contributed by atoms with Crippen molar-refractivity contribution < 1.29 is 0 Å². The third-order valence-corrected chi connectivity index (χ3v) is 1.58. The normalized spacial score (nSPS) is 10.8. The van der Waals surface area contributed by atoms with E-state index >= 15 is 0 Å². The molecule has 0 unspecified atom stereocenters. The molecule has 0 aromatic carbocycles. The lowest BCUT2D eigenvalue weighted by molar-refractivity contribution is 0.481. The molecule has 0 aliphatic heterocycles. The first-order chi connectivity index (χ1) is 4.68. The molecule has 0 N–H and O–H groups in total. The molecule has 0 spiro atoms. The van der Waals surface area contributed by atoms with Gasteiger partial charge in [-0.15, -0.1) is 0 Å². The van der Waals surface area contributed by atoms with Crippen molar-refractivity contribution in [3.63, 3.8) is 0 Å². The Bertz CT molecular complexity index is 205. The van der Waals surface area contributed by atoms with Crippen LogP contribution in [0.3, 0.4) is 0 Å². The standard InChI is InChI=1S/C7H11BrN2/c1-6(2)5-10-4-3-7(8)9-10/h3-4,6H,5H2,1-2H3. The Labute approximate surface area is 69.4 Å². The molecule has 0 saturated carbocycles. The van der Waals surface area contributed by atoms with E-state index in [1.165, 1.54) is 0 Å². The van der Waals surface area contributed by atoms with Gasteiger partial charge in [0.1, 0.15) is 4.60 Å². The van der Waals surface area contributed by atoms with Crippen LogP contribution in [0.4, 0.5) is 0 Å². The van der Waals surface area contributed by atoms with Gasteiger partial charge in [-0.1, -0.05) is 13.8 Å². The fraction of sp³-hybridized carbons (Fsp3) is 0.571. The molecule has 0 radical (unpaired) electrons. The highest BCUT2D eigenvalue weighted by Gasteiger charge is 1.96. The highest BCUT2D eigenvalue weighted by molar-refractivity contribution is 9.10. The molecular weight excluding hydrogens is 192 g/mol. The van der Waals surface area contributed by atoms with E-state index in [9.17, 15) is 0 Å². The highest BCUT2D eigenvalue weighted by Crippen LogP contribution is 2.05. The first-order valence-corrected chi connectivity index (χ1v) is 4.16. The van der Waals surface area contributed by atoms with Crippen molar-refractivity contribution in [3.8, 4) is 0 Å². The first kappa shape index (κ1) is 7.79.